The van der Waals surface area contributed by atoms with Crippen molar-refractivity contribution in [2.75, 3.05) is 0 Å². The van der Waals surface area contributed by atoms with Crippen molar-refractivity contribution in [2.45, 2.75) is 11.0 Å². The zero-order chi connectivity index (χ0) is 13.9. The van der Waals surface area contributed by atoms with Crippen LogP contribution in [0, 0.1) is 0 Å². The number of carbonyl (C=O) groups excluding carboxylic acids is 1. The van der Waals surface area contributed by atoms with Crippen molar-refractivity contribution in [2.24, 2.45) is 5.84 Å². The van der Waals surface area contributed by atoms with Gasteiger partial charge in [-0.2, -0.15) is 0 Å². The Kier molecular flexibility index (Phi) is 3.44. The van der Waals surface area contributed by atoms with E-state index in [2.05, 4.69) is 10.4 Å². The van der Waals surface area contributed by atoms with Crippen molar-refractivity contribution in [3.8, 4) is 0 Å². The lowest BCUT2D eigenvalue weighted by atomic mass is 10.1. The van der Waals surface area contributed by atoms with E-state index in [1.165, 1.54) is 18.0 Å². The first-order chi connectivity index (χ1) is 9.79. The fraction of sp³-hybridized carbons (Fsp3) is 0.0769. The minimum absolute atomic E-state index is 0.216. The van der Waals surface area contributed by atoms with Crippen LogP contribution in [0.25, 0.3) is 11.0 Å². The summed E-state index contributed by atoms with van der Waals surface area (Å²) in [4.78, 5) is 15.8. The number of fused-ring (bicyclic) bond motifs is 1. The van der Waals surface area contributed by atoms with E-state index in [9.17, 15) is 4.79 Å². The molecule has 0 bridgehead atoms. The summed E-state index contributed by atoms with van der Waals surface area (Å²) in [5.41, 5.74) is 3.51. The molecule has 0 unspecified atom stereocenters. The highest BCUT2D eigenvalue weighted by Gasteiger charge is 2.20. The molecule has 3 N–H and O–H groups in total. The van der Waals surface area contributed by atoms with Crippen LogP contribution in [0.15, 0.2) is 50.8 Å². The smallest absolute Gasteiger partial charge is 0.301 e. The Hall–Kier alpha value is -2.25. The van der Waals surface area contributed by atoms with Crippen LogP contribution >= 0.6 is 11.8 Å². The van der Waals surface area contributed by atoms with Crippen LogP contribution in [0.1, 0.15) is 16.1 Å². The maximum Gasteiger partial charge on any atom is 0.301 e. The number of aromatic nitrogens is 1. The maximum atomic E-state index is 11.8. The lowest BCUT2D eigenvalue weighted by Crippen LogP contribution is -2.30. The Bertz CT molecular complexity index is 736. The van der Waals surface area contributed by atoms with Crippen LogP contribution in [0.5, 0.6) is 0 Å². The monoisotopic (exact) mass is 289 g/mol. The molecule has 6 nitrogen and oxygen atoms in total. The summed E-state index contributed by atoms with van der Waals surface area (Å²) in [6.45, 7) is 0. The molecule has 0 radical (unpaired) electrons. The van der Waals surface area contributed by atoms with Gasteiger partial charge in [0.15, 0.2) is 5.76 Å². The molecule has 1 amide bonds. The molecule has 102 valence electrons. The van der Waals surface area contributed by atoms with Gasteiger partial charge in [0.25, 0.3) is 5.22 Å². The highest BCUT2D eigenvalue weighted by atomic mass is 32.2. The Labute approximate surface area is 118 Å². The lowest BCUT2D eigenvalue weighted by molar-refractivity contribution is 0.0927. The van der Waals surface area contributed by atoms with Crippen LogP contribution < -0.4 is 11.3 Å². The number of nitrogen functional groups attached to an aromatic ring is 1. The van der Waals surface area contributed by atoms with Crippen LogP contribution in [-0.2, 0) is 5.75 Å². The number of rotatable bonds is 4. The number of carbonyl (C=O) groups is 1. The van der Waals surface area contributed by atoms with E-state index in [1.54, 1.807) is 6.20 Å². The number of oxazole rings is 1. The standard InChI is InChI=1S/C13H11N3O3S/c14-16-12(17)11-9(7-20-13-15-5-6-18-13)8-3-1-2-4-10(8)19-11/h1-6H,7,14H2,(H,16,17). The third-order valence-corrected chi connectivity index (χ3v) is 3.67. The largest absolute Gasteiger partial charge is 0.451 e. The number of nitrogens with one attached hydrogen (secondary N) is 1. The van der Waals surface area contributed by atoms with E-state index in [0.29, 0.717) is 16.6 Å². The number of furan rings is 1. The minimum Gasteiger partial charge on any atom is -0.451 e. The van der Waals surface area contributed by atoms with Gasteiger partial charge >= 0.3 is 5.91 Å². The Morgan fingerprint density at radius 1 is 1.40 bits per heavy atom. The summed E-state index contributed by atoms with van der Waals surface area (Å²) in [5.74, 6) is 5.45. The van der Waals surface area contributed by atoms with Crippen molar-refractivity contribution in [3.63, 3.8) is 0 Å². The van der Waals surface area contributed by atoms with E-state index in [4.69, 9.17) is 14.7 Å². The van der Waals surface area contributed by atoms with Gasteiger partial charge in [-0.25, -0.2) is 10.8 Å². The summed E-state index contributed by atoms with van der Waals surface area (Å²) in [7, 11) is 0. The van der Waals surface area contributed by atoms with Crippen molar-refractivity contribution in [1.29, 1.82) is 0 Å². The summed E-state index contributed by atoms with van der Waals surface area (Å²) in [6.07, 6.45) is 3.08. The number of para-hydroxylation sites is 1. The molecule has 3 rings (SSSR count). The second-order valence-corrected chi connectivity index (χ2v) is 4.89. The predicted molar refractivity (Wildman–Crippen MR) is 73.9 cm³/mol. The fourth-order valence-electron chi connectivity index (χ4n) is 1.91. The normalized spacial score (nSPS) is 10.8. The molecule has 0 aliphatic carbocycles. The van der Waals surface area contributed by atoms with E-state index >= 15 is 0 Å². The average Bonchev–Trinajstić information content (AvgIpc) is 3.11. The van der Waals surface area contributed by atoms with E-state index in [-0.39, 0.29) is 5.76 Å². The number of benzene rings is 1. The number of thioether (sulfide) groups is 1. The zero-order valence-corrected chi connectivity index (χ0v) is 11.1. The average molecular weight is 289 g/mol. The molecule has 20 heavy (non-hydrogen) atoms. The molecule has 0 saturated carbocycles. The second-order valence-electron chi connectivity index (χ2n) is 3.97. The number of hydrogen-bond acceptors (Lipinski definition) is 6. The topological polar surface area (TPSA) is 94.3 Å². The molecule has 3 aromatic rings. The van der Waals surface area contributed by atoms with Gasteiger partial charge in [0.05, 0.1) is 6.20 Å². The second kappa shape index (κ2) is 5.40. The molecule has 7 heteroatoms. The molecule has 0 fully saturated rings. The number of hydrogen-bond donors (Lipinski definition) is 2. The van der Waals surface area contributed by atoms with Crippen LogP contribution in [0.2, 0.25) is 0 Å². The number of nitrogens with zero attached hydrogens (tertiary/aromatic N) is 1. The van der Waals surface area contributed by atoms with Crippen molar-refractivity contribution >= 4 is 28.6 Å². The van der Waals surface area contributed by atoms with Gasteiger partial charge in [-0.3, -0.25) is 10.2 Å². The van der Waals surface area contributed by atoms with Gasteiger partial charge in [0, 0.05) is 16.7 Å². The van der Waals surface area contributed by atoms with Gasteiger partial charge in [0.1, 0.15) is 11.8 Å². The van der Waals surface area contributed by atoms with Crippen molar-refractivity contribution in [1.82, 2.24) is 10.4 Å². The summed E-state index contributed by atoms with van der Waals surface area (Å²) in [6, 6.07) is 7.45. The quantitative estimate of drug-likeness (QED) is 0.331. The van der Waals surface area contributed by atoms with Crippen molar-refractivity contribution < 1.29 is 13.6 Å². The highest BCUT2D eigenvalue weighted by molar-refractivity contribution is 7.98. The highest BCUT2D eigenvalue weighted by Crippen LogP contribution is 2.31. The Morgan fingerprint density at radius 2 is 2.25 bits per heavy atom. The van der Waals surface area contributed by atoms with Gasteiger partial charge < -0.3 is 8.83 Å². The number of nitrogens with two attached hydrogens (primary N) is 1. The Balaban J connectivity index is 1.99. The summed E-state index contributed by atoms with van der Waals surface area (Å²) in [5, 5.41) is 1.42. The maximum absolute atomic E-state index is 11.8. The molecule has 1 aromatic carbocycles. The van der Waals surface area contributed by atoms with E-state index in [0.717, 1.165) is 10.9 Å². The zero-order valence-electron chi connectivity index (χ0n) is 10.3. The predicted octanol–water partition coefficient (Wildman–Crippen LogP) is 2.32. The van der Waals surface area contributed by atoms with Crippen LogP contribution in [0.3, 0.4) is 0 Å². The van der Waals surface area contributed by atoms with Crippen LogP contribution in [0.4, 0.5) is 0 Å². The molecule has 0 saturated heterocycles. The lowest BCUT2D eigenvalue weighted by Gasteiger charge is -2.00. The first kappa shape index (κ1) is 12.8. The van der Waals surface area contributed by atoms with Crippen LogP contribution in [-0.4, -0.2) is 10.9 Å². The molecule has 0 atom stereocenters. The molecule has 0 aliphatic heterocycles. The molecular formula is C13H11N3O3S. The van der Waals surface area contributed by atoms with Gasteiger partial charge in [-0.1, -0.05) is 30.0 Å². The first-order valence-electron chi connectivity index (χ1n) is 5.83. The van der Waals surface area contributed by atoms with Gasteiger partial charge in [-0.15, -0.1) is 0 Å². The SMILES string of the molecule is NNC(=O)c1oc2ccccc2c1CSc1ncco1. The van der Waals surface area contributed by atoms with E-state index in [1.807, 2.05) is 24.3 Å². The van der Waals surface area contributed by atoms with Gasteiger partial charge in [-0.05, 0) is 6.07 Å². The molecule has 0 spiro atoms. The Morgan fingerprint density at radius 3 is 3.00 bits per heavy atom. The third kappa shape index (κ3) is 2.28. The molecule has 2 heterocycles. The fourth-order valence-corrected chi connectivity index (χ4v) is 2.72. The van der Waals surface area contributed by atoms with E-state index < -0.39 is 5.91 Å². The molecule has 2 aromatic heterocycles. The molecule has 0 aliphatic rings. The van der Waals surface area contributed by atoms with Crippen molar-refractivity contribution in [3.05, 3.63) is 48.0 Å². The number of hydrazine groups is 1. The molecular weight excluding hydrogens is 278 g/mol. The van der Waals surface area contributed by atoms with Gasteiger partial charge in [0.2, 0.25) is 0 Å². The first-order valence-corrected chi connectivity index (χ1v) is 6.82. The summed E-state index contributed by atoms with van der Waals surface area (Å²) >= 11 is 1.38. The minimum atomic E-state index is -0.454. The number of amides is 1. The summed E-state index contributed by atoms with van der Waals surface area (Å²) < 4.78 is 10.7. The third-order valence-electron chi connectivity index (χ3n) is 2.79.